The Bertz CT molecular complexity index is 1710. The minimum atomic E-state index is -1.54. The van der Waals surface area contributed by atoms with Crippen LogP contribution in [0.3, 0.4) is 0 Å². The Balaban J connectivity index is 1.56. The highest BCUT2D eigenvalue weighted by Gasteiger charge is 2.71. The number of hydrogen-bond donors (Lipinski definition) is 0. The lowest BCUT2D eigenvalue weighted by molar-refractivity contribution is 0.0665. The molecule has 0 radical (unpaired) electrons. The normalized spacial score (nSPS) is 21.8. The molecule has 2 aliphatic heterocycles. The summed E-state index contributed by atoms with van der Waals surface area (Å²) in [6.07, 6.45) is 3.90. The molecule has 0 N–H and O–H groups in total. The molecule has 1 spiro atoms. The van der Waals surface area contributed by atoms with E-state index in [1.54, 1.807) is 43.5 Å². The van der Waals surface area contributed by atoms with Crippen LogP contribution in [0.4, 0.5) is 5.69 Å². The first-order valence-electron chi connectivity index (χ1n) is 13.1. The second kappa shape index (κ2) is 9.14. The molecule has 40 heavy (non-hydrogen) atoms. The Labute approximate surface area is 240 Å². The van der Waals surface area contributed by atoms with E-state index in [4.69, 9.17) is 4.74 Å². The van der Waals surface area contributed by atoms with Crippen molar-refractivity contribution in [3.63, 3.8) is 0 Å². The summed E-state index contributed by atoms with van der Waals surface area (Å²) in [6.45, 7) is 0. The molecule has 2 heterocycles. The largest absolute Gasteiger partial charge is 0.497 e. The van der Waals surface area contributed by atoms with Gasteiger partial charge in [0.05, 0.1) is 13.2 Å². The number of anilines is 1. The molecule has 3 aliphatic rings. The van der Waals surface area contributed by atoms with Gasteiger partial charge in [-0.2, -0.15) is 0 Å². The smallest absolute Gasteiger partial charge is 0.185 e. The highest BCUT2D eigenvalue weighted by atomic mass is 79.9. The summed E-state index contributed by atoms with van der Waals surface area (Å²) >= 11 is 3.57. The molecule has 4 aromatic rings. The Kier molecular flexibility index (Phi) is 5.65. The maximum absolute atomic E-state index is 14.7. The molecule has 3 atom stereocenters. The topological polar surface area (TPSA) is 63.7 Å². The summed E-state index contributed by atoms with van der Waals surface area (Å²) in [4.78, 5) is 46.0. The van der Waals surface area contributed by atoms with Gasteiger partial charge in [-0.3, -0.25) is 14.4 Å². The molecule has 0 bridgehead atoms. The SMILES string of the molecule is COc1cccc([C@H]2[C@H](C(=O)c3ccccc3)N3c4ccc(Br)cc4C=C[C@@H]3C23C(=O)c2ccccc2C3=O)c1. The fourth-order valence-electron chi connectivity index (χ4n) is 6.93. The van der Waals surface area contributed by atoms with Crippen molar-refractivity contribution in [3.05, 3.63) is 135 Å². The third-order valence-corrected chi connectivity index (χ3v) is 9.04. The number of carbonyl (C=O) groups is 3. The maximum atomic E-state index is 14.7. The number of carbonyl (C=O) groups excluding carboxylic acids is 3. The van der Waals surface area contributed by atoms with Gasteiger partial charge in [-0.15, -0.1) is 0 Å². The van der Waals surface area contributed by atoms with Gasteiger partial charge in [-0.05, 0) is 41.5 Å². The quantitative estimate of drug-likeness (QED) is 0.194. The Hall–Kier alpha value is -4.29. The zero-order valence-electron chi connectivity index (χ0n) is 21.6. The molecular weight excluding hydrogens is 566 g/mol. The summed E-state index contributed by atoms with van der Waals surface area (Å²) in [6, 6.07) is 27.9. The molecular formula is C34H24BrNO4. The monoisotopic (exact) mass is 589 g/mol. The molecule has 1 aliphatic carbocycles. The van der Waals surface area contributed by atoms with E-state index in [2.05, 4.69) is 15.9 Å². The first-order chi connectivity index (χ1) is 19.5. The first kappa shape index (κ1) is 24.7. The molecule has 4 aromatic carbocycles. The minimum Gasteiger partial charge on any atom is -0.497 e. The molecule has 7 rings (SSSR count). The van der Waals surface area contributed by atoms with Crippen LogP contribution in [-0.2, 0) is 0 Å². The number of halogens is 1. The number of Topliss-reactive ketones (excluding diaryl/α,β-unsaturated/α-hetero) is 3. The summed E-state index contributed by atoms with van der Waals surface area (Å²) in [5.41, 5.74) is 2.24. The molecule has 6 heteroatoms. The molecule has 1 fully saturated rings. The fourth-order valence-corrected chi connectivity index (χ4v) is 7.31. The van der Waals surface area contributed by atoms with E-state index in [-0.39, 0.29) is 17.3 Å². The van der Waals surface area contributed by atoms with Crippen molar-refractivity contribution in [3.8, 4) is 5.75 Å². The highest BCUT2D eigenvalue weighted by Crippen LogP contribution is 2.61. The number of benzene rings is 4. The van der Waals surface area contributed by atoms with E-state index in [1.807, 2.05) is 77.7 Å². The second-order valence-corrected chi connectivity index (χ2v) is 11.3. The maximum Gasteiger partial charge on any atom is 0.185 e. The Morgan fingerprint density at radius 1 is 0.850 bits per heavy atom. The lowest BCUT2D eigenvalue weighted by Gasteiger charge is -2.37. The van der Waals surface area contributed by atoms with Crippen LogP contribution in [0.15, 0.2) is 108 Å². The Morgan fingerprint density at radius 3 is 2.25 bits per heavy atom. The van der Waals surface area contributed by atoms with Gasteiger partial charge in [0.1, 0.15) is 17.2 Å². The number of methoxy groups -OCH3 is 1. The van der Waals surface area contributed by atoms with Gasteiger partial charge in [0.15, 0.2) is 17.3 Å². The molecule has 0 amide bonds. The Morgan fingerprint density at radius 2 is 1.55 bits per heavy atom. The van der Waals surface area contributed by atoms with Crippen molar-refractivity contribution < 1.29 is 19.1 Å². The molecule has 0 saturated carbocycles. The molecule has 0 unspecified atom stereocenters. The summed E-state index contributed by atoms with van der Waals surface area (Å²) in [5.74, 6) is -0.810. The minimum absolute atomic E-state index is 0.143. The standard InChI is InChI=1S/C34H24BrNO4/c1-40-24-11-7-10-22(19-24)29-30(31(37)20-8-3-2-4-9-20)36-27-16-15-23(35)18-21(27)14-17-28(36)34(29)32(38)25-12-5-6-13-26(25)33(34)39/h2-19,28-30H,1H3/t28-,29+,30-/m1/s1. The van der Waals surface area contributed by atoms with Crippen LogP contribution >= 0.6 is 15.9 Å². The van der Waals surface area contributed by atoms with Crippen molar-refractivity contribution in [1.29, 1.82) is 0 Å². The number of rotatable bonds is 4. The van der Waals surface area contributed by atoms with E-state index < -0.39 is 23.4 Å². The van der Waals surface area contributed by atoms with Crippen molar-refractivity contribution in [2.45, 2.75) is 18.0 Å². The van der Waals surface area contributed by atoms with Crippen molar-refractivity contribution in [1.82, 2.24) is 0 Å². The molecule has 1 saturated heterocycles. The zero-order valence-corrected chi connectivity index (χ0v) is 23.2. The van der Waals surface area contributed by atoms with E-state index >= 15 is 0 Å². The summed E-state index contributed by atoms with van der Waals surface area (Å²) in [5, 5.41) is 0. The van der Waals surface area contributed by atoms with Crippen molar-refractivity contribution >= 4 is 45.0 Å². The number of ketones is 3. The lowest BCUT2D eigenvalue weighted by Crippen LogP contribution is -2.48. The zero-order chi connectivity index (χ0) is 27.6. The summed E-state index contributed by atoms with van der Waals surface area (Å²) in [7, 11) is 1.58. The van der Waals surface area contributed by atoms with E-state index in [0.717, 1.165) is 15.7 Å². The van der Waals surface area contributed by atoms with Crippen molar-refractivity contribution in [2.24, 2.45) is 5.41 Å². The van der Waals surface area contributed by atoms with Crippen LogP contribution in [0, 0.1) is 5.41 Å². The van der Waals surface area contributed by atoms with Gasteiger partial charge < -0.3 is 9.64 Å². The van der Waals surface area contributed by atoms with Crippen LogP contribution in [0.1, 0.15) is 48.1 Å². The highest BCUT2D eigenvalue weighted by molar-refractivity contribution is 9.10. The predicted octanol–water partition coefficient (Wildman–Crippen LogP) is 6.77. The number of fused-ring (bicyclic) bond motifs is 5. The third-order valence-electron chi connectivity index (χ3n) is 8.55. The van der Waals surface area contributed by atoms with Gasteiger partial charge in [0.2, 0.25) is 0 Å². The van der Waals surface area contributed by atoms with Crippen LogP contribution in [0.5, 0.6) is 5.75 Å². The fraction of sp³-hybridized carbons (Fsp3) is 0.147. The van der Waals surface area contributed by atoms with Crippen LogP contribution in [-0.4, -0.2) is 36.5 Å². The van der Waals surface area contributed by atoms with Crippen LogP contribution in [0.25, 0.3) is 6.08 Å². The van der Waals surface area contributed by atoms with Crippen molar-refractivity contribution in [2.75, 3.05) is 12.0 Å². The van der Waals surface area contributed by atoms with Gasteiger partial charge in [0, 0.05) is 32.8 Å². The first-order valence-corrected chi connectivity index (χ1v) is 13.9. The number of nitrogens with zero attached hydrogens (tertiary/aromatic N) is 1. The third kappa shape index (κ3) is 3.29. The van der Waals surface area contributed by atoms with Gasteiger partial charge >= 0.3 is 0 Å². The van der Waals surface area contributed by atoms with Gasteiger partial charge in [-0.25, -0.2) is 0 Å². The van der Waals surface area contributed by atoms with Gasteiger partial charge in [0.25, 0.3) is 0 Å². The summed E-state index contributed by atoms with van der Waals surface area (Å²) < 4.78 is 6.46. The van der Waals surface area contributed by atoms with Crippen LogP contribution in [0.2, 0.25) is 0 Å². The average molecular weight is 590 g/mol. The van der Waals surface area contributed by atoms with E-state index in [1.165, 1.54) is 0 Å². The van der Waals surface area contributed by atoms with Gasteiger partial charge in [-0.1, -0.05) is 94.8 Å². The number of hydrogen-bond acceptors (Lipinski definition) is 5. The average Bonchev–Trinajstić information content (AvgIpc) is 3.43. The van der Waals surface area contributed by atoms with Crippen LogP contribution < -0.4 is 9.64 Å². The van der Waals surface area contributed by atoms with E-state index in [9.17, 15) is 14.4 Å². The predicted molar refractivity (Wildman–Crippen MR) is 157 cm³/mol. The molecule has 196 valence electrons. The number of ether oxygens (including phenoxy) is 1. The molecule has 5 nitrogen and oxygen atoms in total. The lowest BCUT2D eigenvalue weighted by atomic mass is 9.64. The second-order valence-electron chi connectivity index (χ2n) is 10.4. The van der Waals surface area contributed by atoms with E-state index in [0.29, 0.717) is 28.0 Å². The molecule has 0 aromatic heterocycles.